The summed E-state index contributed by atoms with van der Waals surface area (Å²) in [5.74, 6) is 0.00331. The predicted octanol–water partition coefficient (Wildman–Crippen LogP) is 5.74. The minimum absolute atomic E-state index is 0.0347. The van der Waals surface area contributed by atoms with Crippen molar-refractivity contribution in [3.05, 3.63) is 69.7 Å². The summed E-state index contributed by atoms with van der Waals surface area (Å²) >= 11 is 0. The topological polar surface area (TPSA) is 126 Å². The van der Waals surface area contributed by atoms with Crippen molar-refractivity contribution in [3.8, 4) is 28.8 Å². The fourth-order valence-corrected chi connectivity index (χ4v) is 5.75. The van der Waals surface area contributed by atoms with Crippen molar-refractivity contribution in [2.45, 2.75) is 66.0 Å². The molecule has 0 saturated carbocycles. The van der Waals surface area contributed by atoms with Gasteiger partial charge in [-0.25, -0.2) is 23.5 Å². The van der Waals surface area contributed by atoms with E-state index in [9.17, 15) is 19.2 Å². The number of anilines is 1. The van der Waals surface area contributed by atoms with E-state index in [2.05, 4.69) is 16.0 Å². The fraction of sp³-hybridized carbons (Fsp3) is 0.412. The van der Waals surface area contributed by atoms with Crippen molar-refractivity contribution in [1.29, 1.82) is 5.26 Å². The summed E-state index contributed by atoms with van der Waals surface area (Å²) in [5, 5.41) is 10.8. The molecule has 4 heterocycles. The molecule has 12 heteroatoms. The van der Waals surface area contributed by atoms with Crippen molar-refractivity contribution in [3.63, 3.8) is 0 Å². The highest BCUT2D eigenvalue weighted by atomic mass is 19.1. The predicted molar refractivity (Wildman–Crippen MR) is 173 cm³/mol. The van der Waals surface area contributed by atoms with Gasteiger partial charge in [0.05, 0.1) is 35.1 Å². The van der Waals surface area contributed by atoms with Crippen LogP contribution in [-0.2, 0) is 4.74 Å². The first-order valence-corrected chi connectivity index (χ1v) is 15.2. The molecule has 1 atom stereocenters. The van der Waals surface area contributed by atoms with Crippen LogP contribution in [0.2, 0.25) is 0 Å². The number of hydrogen-bond donors (Lipinski definition) is 0. The molecule has 4 aromatic rings. The zero-order valence-electron chi connectivity index (χ0n) is 27.4. The Bertz CT molecular complexity index is 1930. The molecule has 1 aromatic carbocycles. The van der Waals surface area contributed by atoms with Crippen LogP contribution >= 0.6 is 0 Å². The van der Waals surface area contributed by atoms with E-state index in [0.29, 0.717) is 47.8 Å². The van der Waals surface area contributed by atoms with Crippen molar-refractivity contribution < 1.29 is 18.7 Å². The molecule has 11 nitrogen and oxygen atoms in total. The number of piperazine rings is 1. The third-order valence-corrected chi connectivity index (χ3v) is 7.86. The number of nitrogens with zero attached hydrogens (tertiary/aromatic N) is 7. The van der Waals surface area contributed by atoms with Gasteiger partial charge in [-0.05, 0) is 70.4 Å². The zero-order chi connectivity index (χ0) is 33.5. The maximum absolute atomic E-state index is 14.2. The highest BCUT2D eigenvalue weighted by Crippen LogP contribution is 2.36. The molecule has 0 aliphatic carbocycles. The van der Waals surface area contributed by atoms with E-state index >= 15 is 0 Å². The SMILES string of the molecule is COc1cc(F)ccc1-c1nc2c(cc1C#N)c(N1CCN(C(=O)OC(C)(C)C)C[C@@H]1C)nc(=O)n2-c1c(C)ccnc1C(C)C. The van der Waals surface area contributed by atoms with Crippen molar-refractivity contribution >= 4 is 22.9 Å². The first-order chi connectivity index (χ1) is 21.7. The number of rotatable bonds is 5. The molecule has 0 spiro atoms. The highest BCUT2D eigenvalue weighted by Gasteiger charge is 2.33. The first-order valence-electron chi connectivity index (χ1n) is 15.2. The maximum atomic E-state index is 14.2. The summed E-state index contributed by atoms with van der Waals surface area (Å²) in [7, 11) is 1.41. The van der Waals surface area contributed by atoms with Crippen LogP contribution in [0.4, 0.5) is 15.0 Å². The number of benzene rings is 1. The molecule has 1 amide bonds. The third-order valence-electron chi connectivity index (χ3n) is 7.86. The molecule has 46 heavy (non-hydrogen) atoms. The normalized spacial score (nSPS) is 15.3. The Morgan fingerprint density at radius 2 is 1.89 bits per heavy atom. The van der Waals surface area contributed by atoms with Crippen LogP contribution in [-0.4, -0.2) is 68.9 Å². The standard InChI is InChI=1S/C34H38FN7O4/c1-19(2)27-29(20(3)11-12-37-27)42-31-25(15-22(17-36)28(38-31)24-10-9-23(35)16-26(24)45-8)30(39-32(42)43)41-14-13-40(18-21(41)4)33(44)46-34(5,6)7/h9-12,15-16,19,21H,13-14,18H2,1-8H3/t21-/m0/s1. The van der Waals surface area contributed by atoms with Gasteiger partial charge in [-0.1, -0.05) is 13.8 Å². The van der Waals surface area contributed by atoms with E-state index in [0.717, 1.165) is 5.56 Å². The van der Waals surface area contributed by atoms with Crippen LogP contribution in [0.5, 0.6) is 5.75 Å². The summed E-state index contributed by atoms with van der Waals surface area (Å²) in [6.07, 6.45) is 1.29. The van der Waals surface area contributed by atoms with E-state index in [1.165, 1.54) is 29.9 Å². The molecular weight excluding hydrogens is 589 g/mol. The number of halogens is 1. The molecule has 0 N–H and O–H groups in total. The van der Waals surface area contributed by atoms with Gasteiger partial charge in [-0.3, -0.25) is 4.98 Å². The van der Waals surface area contributed by atoms with Gasteiger partial charge in [-0.2, -0.15) is 10.2 Å². The number of nitriles is 1. The van der Waals surface area contributed by atoms with Crippen LogP contribution in [0.15, 0.2) is 41.3 Å². The summed E-state index contributed by atoms with van der Waals surface area (Å²) in [6, 6.07) is 9.45. The summed E-state index contributed by atoms with van der Waals surface area (Å²) in [4.78, 5) is 44.8. The number of aromatic nitrogens is 4. The number of methoxy groups -OCH3 is 1. The minimum atomic E-state index is -0.636. The summed E-state index contributed by atoms with van der Waals surface area (Å²) in [5.41, 5.74) is 1.91. The van der Waals surface area contributed by atoms with Crippen molar-refractivity contribution in [1.82, 2.24) is 24.4 Å². The van der Waals surface area contributed by atoms with Crippen molar-refractivity contribution in [2.75, 3.05) is 31.6 Å². The number of aryl methyl sites for hydroxylation is 1. The van der Waals surface area contributed by atoms with Crippen LogP contribution in [0, 0.1) is 24.1 Å². The van der Waals surface area contributed by atoms with E-state index < -0.39 is 23.2 Å². The van der Waals surface area contributed by atoms with Gasteiger partial charge in [0.25, 0.3) is 0 Å². The molecule has 240 valence electrons. The van der Waals surface area contributed by atoms with Gasteiger partial charge in [0, 0.05) is 43.5 Å². The minimum Gasteiger partial charge on any atom is -0.496 e. The second-order valence-electron chi connectivity index (χ2n) is 12.8. The number of amides is 1. The lowest BCUT2D eigenvalue weighted by Crippen LogP contribution is -2.55. The van der Waals surface area contributed by atoms with Gasteiger partial charge in [0.1, 0.15) is 29.1 Å². The molecule has 0 bridgehead atoms. The zero-order valence-corrected chi connectivity index (χ0v) is 27.4. The summed E-state index contributed by atoms with van der Waals surface area (Å²) in [6.45, 7) is 14.3. The van der Waals surface area contributed by atoms with Gasteiger partial charge >= 0.3 is 11.8 Å². The Kier molecular flexibility index (Phi) is 8.71. The van der Waals surface area contributed by atoms with Crippen molar-refractivity contribution in [2.24, 2.45) is 0 Å². The third kappa shape index (κ3) is 6.09. The molecule has 5 rings (SSSR count). The average Bonchev–Trinajstić information content (AvgIpc) is 2.99. The number of carbonyl (C=O) groups is 1. The molecule has 0 unspecified atom stereocenters. The Hall–Kier alpha value is -5.05. The lowest BCUT2D eigenvalue weighted by Gasteiger charge is -2.41. The first kappa shape index (κ1) is 32.3. The molecule has 1 fully saturated rings. The molecule has 0 radical (unpaired) electrons. The van der Waals surface area contributed by atoms with E-state index in [4.69, 9.17) is 14.5 Å². The van der Waals surface area contributed by atoms with Crippen LogP contribution < -0.4 is 15.3 Å². The Morgan fingerprint density at radius 3 is 2.52 bits per heavy atom. The quantitative estimate of drug-likeness (QED) is 0.272. The van der Waals surface area contributed by atoms with E-state index in [1.807, 2.05) is 59.4 Å². The van der Waals surface area contributed by atoms with Crippen LogP contribution in [0.1, 0.15) is 64.3 Å². The van der Waals surface area contributed by atoms with Crippen LogP contribution in [0.3, 0.4) is 0 Å². The second kappa shape index (κ2) is 12.4. The Labute approximate surface area is 267 Å². The number of fused-ring (bicyclic) bond motifs is 1. The Balaban J connectivity index is 1.77. The molecule has 1 saturated heterocycles. The fourth-order valence-electron chi connectivity index (χ4n) is 5.75. The van der Waals surface area contributed by atoms with Gasteiger partial charge in [-0.15, -0.1) is 0 Å². The summed E-state index contributed by atoms with van der Waals surface area (Å²) < 4.78 is 26.7. The molecule has 1 aliphatic heterocycles. The monoisotopic (exact) mass is 627 g/mol. The van der Waals surface area contributed by atoms with Gasteiger partial charge < -0.3 is 19.3 Å². The van der Waals surface area contributed by atoms with Crippen LogP contribution in [0.25, 0.3) is 28.0 Å². The van der Waals surface area contributed by atoms with E-state index in [1.54, 1.807) is 17.2 Å². The number of pyridine rings is 2. The average molecular weight is 628 g/mol. The lowest BCUT2D eigenvalue weighted by atomic mass is 10.0. The van der Waals surface area contributed by atoms with Gasteiger partial charge in [0.15, 0.2) is 5.65 Å². The second-order valence-corrected chi connectivity index (χ2v) is 12.8. The number of carbonyl (C=O) groups excluding carboxylic acids is 1. The lowest BCUT2D eigenvalue weighted by molar-refractivity contribution is 0.0218. The number of hydrogen-bond acceptors (Lipinski definition) is 9. The molecule has 1 aliphatic rings. The Morgan fingerprint density at radius 1 is 1.15 bits per heavy atom. The number of ether oxygens (including phenoxy) is 2. The maximum Gasteiger partial charge on any atom is 0.410 e. The van der Waals surface area contributed by atoms with E-state index in [-0.39, 0.29) is 34.6 Å². The highest BCUT2D eigenvalue weighted by molar-refractivity contribution is 5.93. The smallest absolute Gasteiger partial charge is 0.410 e. The molecular formula is C34H38FN7O4. The largest absolute Gasteiger partial charge is 0.496 e. The molecule has 3 aromatic heterocycles. The van der Waals surface area contributed by atoms with Gasteiger partial charge in [0.2, 0.25) is 0 Å².